The van der Waals surface area contributed by atoms with Crippen molar-refractivity contribution in [3.63, 3.8) is 0 Å². The largest absolute Gasteiger partial charge is 0.493 e. The van der Waals surface area contributed by atoms with Gasteiger partial charge in [-0.1, -0.05) is 0 Å². The maximum Gasteiger partial charge on any atom is 0.163 e. The standard InChI is InChI=1S/C13H16O3/c1-15-7-2-8-16-11-4-5-12-10(9-11)3-6-13(12)14/h4-5,9H,2-3,6-8H2,1H3. The van der Waals surface area contributed by atoms with Crippen molar-refractivity contribution in [2.75, 3.05) is 20.3 Å². The van der Waals surface area contributed by atoms with Crippen LogP contribution in [0.1, 0.15) is 28.8 Å². The second-order valence-corrected chi connectivity index (χ2v) is 3.94. The molecule has 1 aromatic rings. The molecule has 3 nitrogen and oxygen atoms in total. The third-order valence-electron chi connectivity index (χ3n) is 2.76. The summed E-state index contributed by atoms with van der Waals surface area (Å²) >= 11 is 0. The van der Waals surface area contributed by atoms with Crippen LogP contribution in [-0.4, -0.2) is 26.1 Å². The van der Waals surface area contributed by atoms with Gasteiger partial charge in [-0.3, -0.25) is 4.79 Å². The zero-order chi connectivity index (χ0) is 11.4. The number of benzene rings is 1. The van der Waals surface area contributed by atoms with Crippen molar-refractivity contribution in [2.45, 2.75) is 19.3 Å². The van der Waals surface area contributed by atoms with Gasteiger partial charge in [-0.15, -0.1) is 0 Å². The van der Waals surface area contributed by atoms with E-state index in [0.29, 0.717) is 19.6 Å². The summed E-state index contributed by atoms with van der Waals surface area (Å²) in [6.07, 6.45) is 2.37. The van der Waals surface area contributed by atoms with Crippen molar-refractivity contribution >= 4 is 5.78 Å². The summed E-state index contributed by atoms with van der Waals surface area (Å²) in [5.74, 6) is 1.10. The summed E-state index contributed by atoms with van der Waals surface area (Å²) in [7, 11) is 1.68. The number of ether oxygens (including phenoxy) is 2. The summed E-state index contributed by atoms with van der Waals surface area (Å²) in [6.45, 7) is 1.37. The van der Waals surface area contributed by atoms with Gasteiger partial charge in [0.1, 0.15) is 5.75 Å². The number of hydrogen-bond donors (Lipinski definition) is 0. The molecule has 0 fully saturated rings. The second kappa shape index (κ2) is 5.12. The topological polar surface area (TPSA) is 35.5 Å². The van der Waals surface area contributed by atoms with Gasteiger partial charge in [0.2, 0.25) is 0 Å². The zero-order valence-electron chi connectivity index (χ0n) is 9.49. The van der Waals surface area contributed by atoms with Crippen molar-refractivity contribution in [3.05, 3.63) is 29.3 Å². The van der Waals surface area contributed by atoms with E-state index >= 15 is 0 Å². The Morgan fingerprint density at radius 1 is 1.25 bits per heavy atom. The third kappa shape index (κ3) is 2.42. The normalized spacial score (nSPS) is 13.9. The summed E-state index contributed by atoms with van der Waals surface area (Å²) in [5, 5.41) is 0. The predicted molar refractivity (Wildman–Crippen MR) is 61.1 cm³/mol. The molecule has 3 heteroatoms. The van der Waals surface area contributed by atoms with Crippen LogP contribution in [-0.2, 0) is 11.2 Å². The number of carbonyl (C=O) groups is 1. The molecule has 0 aromatic heterocycles. The molecule has 0 N–H and O–H groups in total. The van der Waals surface area contributed by atoms with Gasteiger partial charge in [-0.2, -0.15) is 0 Å². The number of fused-ring (bicyclic) bond motifs is 1. The van der Waals surface area contributed by atoms with E-state index in [9.17, 15) is 4.79 Å². The number of aryl methyl sites for hydroxylation is 1. The fourth-order valence-corrected chi connectivity index (χ4v) is 1.91. The van der Waals surface area contributed by atoms with Gasteiger partial charge in [0.25, 0.3) is 0 Å². The lowest BCUT2D eigenvalue weighted by atomic mass is 10.1. The lowest BCUT2D eigenvalue weighted by Gasteiger charge is -2.07. The molecule has 0 aliphatic heterocycles. The smallest absolute Gasteiger partial charge is 0.163 e. The van der Waals surface area contributed by atoms with Gasteiger partial charge >= 0.3 is 0 Å². The SMILES string of the molecule is COCCCOc1ccc2c(c1)CCC2=O. The Labute approximate surface area is 95.4 Å². The molecule has 1 aromatic carbocycles. The molecule has 2 rings (SSSR count). The van der Waals surface area contributed by atoms with Gasteiger partial charge in [-0.05, 0) is 30.2 Å². The molecule has 0 bridgehead atoms. The first-order chi connectivity index (χ1) is 7.81. The van der Waals surface area contributed by atoms with E-state index in [-0.39, 0.29) is 5.78 Å². The number of carbonyl (C=O) groups excluding carboxylic acids is 1. The number of ketones is 1. The van der Waals surface area contributed by atoms with Crippen LogP contribution in [0.3, 0.4) is 0 Å². The van der Waals surface area contributed by atoms with Crippen LogP contribution >= 0.6 is 0 Å². The van der Waals surface area contributed by atoms with Crippen molar-refractivity contribution in [1.82, 2.24) is 0 Å². The fraction of sp³-hybridized carbons (Fsp3) is 0.462. The molecule has 0 atom stereocenters. The number of methoxy groups -OCH3 is 1. The Balaban J connectivity index is 1.94. The predicted octanol–water partition coefficient (Wildman–Crippen LogP) is 2.23. The van der Waals surface area contributed by atoms with E-state index in [1.165, 1.54) is 0 Å². The van der Waals surface area contributed by atoms with Crippen molar-refractivity contribution in [3.8, 4) is 5.75 Å². The van der Waals surface area contributed by atoms with Crippen LogP contribution in [0.5, 0.6) is 5.75 Å². The molecule has 1 aliphatic carbocycles. The Morgan fingerprint density at radius 3 is 2.94 bits per heavy atom. The summed E-state index contributed by atoms with van der Waals surface area (Å²) in [5.41, 5.74) is 1.98. The summed E-state index contributed by atoms with van der Waals surface area (Å²) < 4.78 is 10.5. The summed E-state index contributed by atoms with van der Waals surface area (Å²) in [6, 6.07) is 5.72. The van der Waals surface area contributed by atoms with Crippen LogP contribution in [0, 0.1) is 0 Å². The second-order valence-electron chi connectivity index (χ2n) is 3.94. The highest BCUT2D eigenvalue weighted by molar-refractivity contribution is 6.00. The molecule has 0 spiro atoms. The molecular weight excluding hydrogens is 204 g/mol. The van der Waals surface area contributed by atoms with Crippen molar-refractivity contribution < 1.29 is 14.3 Å². The Bertz CT molecular complexity index is 385. The number of rotatable bonds is 5. The van der Waals surface area contributed by atoms with Crippen LogP contribution in [0.2, 0.25) is 0 Å². The van der Waals surface area contributed by atoms with E-state index in [1.54, 1.807) is 7.11 Å². The van der Waals surface area contributed by atoms with E-state index in [2.05, 4.69) is 0 Å². The maximum absolute atomic E-state index is 11.4. The van der Waals surface area contributed by atoms with Crippen molar-refractivity contribution in [2.24, 2.45) is 0 Å². The molecule has 0 saturated carbocycles. The maximum atomic E-state index is 11.4. The molecular formula is C13H16O3. The lowest BCUT2D eigenvalue weighted by molar-refractivity contribution is 0.0994. The van der Waals surface area contributed by atoms with Crippen LogP contribution < -0.4 is 4.74 Å². The zero-order valence-corrected chi connectivity index (χ0v) is 9.49. The van der Waals surface area contributed by atoms with E-state index in [1.807, 2.05) is 18.2 Å². The molecule has 0 heterocycles. The quantitative estimate of drug-likeness (QED) is 0.714. The van der Waals surface area contributed by atoms with E-state index in [4.69, 9.17) is 9.47 Å². The molecule has 86 valence electrons. The number of Topliss-reactive ketones (excluding diaryl/α,β-unsaturated/α-hetero) is 1. The third-order valence-corrected chi connectivity index (χ3v) is 2.76. The van der Waals surface area contributed by atoms with Gasteiger partial charge in [0.15, 0.2) is 5.78 Å². The Morgan fingerprint density at radius 2 is 2.12 bits per heavy atom. The highest BCUT2D eigenvalue weighted by Gasteiger charge is 2.19. The van der Waals surface area contributed by atoms with E-state index in [0.717, 1.165) is 29.7 Å². The van der Waals surface area contributed by atoms with Gasteiger partial charge in [-0.25, -0.2) is 0 Å². The molecule has 16 heavy (non-hydrogen) atoms. The minimum atomic E-state index is 0.251. The fourth-order valence-electron chi connectivity index (χ4n) is 1.91. The lowest BCUT2D eigenvalue weighted by Crippen LogP contribution is -2.01. The van der Waals surface area contributed by atoms with Crippen LogP contribution in [0.25, 0.3) is 0 Å². The summed E-state index contributed by atoms with van der Waals surface area (Å²) in [4.78, 5) is 11.4. The average Bonchev–Trinajstić information content (AvgIpc) is 2.66. The van der Waals surface area contributed by atoms with Gasteiger partial charge in [0.05, 0.1) is 6.61 Å². The minimum Gasteiger partial charge on any atom is -0.493 e. The van der Waals surface area contributed by atoms with Crippen molar-refractivity contribution in [1.29, 1.82) is 0 Å². The van der Waals surface area contributed by atoms with Crippen LogP contribution in [0.15, 0.2) is 18.2 Å². The first-order valence-corrected chi connectivity index (χ1v) is 5.59. The van der Waals surface area contributed by atoms with Gasteiger partial charge in [0, 0.05) is 32.1 Å². The minimum absolute atomic E-state index is 0.251. The van der Waals surface area contributed by atoms with E-state index < -0.39 is 0 Å². The molecule has 0 unspecified atom stereocenters. The number of hydrogen-bond acceptors (Lipinski definition) is 3. The first kappa shape index (κ1) is 11.1. The van der Waals surface area contributed by atoms with Crippen LogP contribution in [0.4, 0.5) is 0 Å². The highest BCUT2D eigenvalue weighted by Crippen LogP contribution is 2.26. The Kier molecular flexibility index (Phi) is 3.57. The molecule has 0 radical (unpaired) electrons. The molecule has 1 aliphatic rings. The highest BCUT2D eigenvalue weighted by atomic mass is 16.5. The molecule has 0 amide bonds. The average molecular weight is 220 g/mol. The molecule has 0 saturated heterocycles. The van der Waals surface area contributed by atoms with Gasteiger partial charge < -0.3 is 9.47 Å². The first-order valence-electron chi connectivity index (χ1n) is 5.59. The monoisotopic (exact) mass is 220 g/mol. The Hall–Kier alpha value is -1.35.